The lowest BCUT2D eigenvalue weighted by atomic mass is 9.72. The molecule has 348 valence electrons. The quantitative estimate of drug-likeness (QED) is 0.0776. The molecule has 3 aliphatic rings. The minimum Gasteiger partial charge on any atom is -0.489 e. The number of rotatable bonds is 12. The molecule has 3 N–H and O–H groups in total. The second-order valence-corrected chi connectivity index (χ2v) is 22.1. The number of anilines is 2. The van der Waals surface area contributed by atoms with Gasteiger partial charge in [0.1, 0.15) is 23.8 Å². The van der Waals surface area contributed by atoms with Gasteiger partial charge >= 0.3 is 0 Å². The van der Waals surface area contributed by atoms with Gasteiger partial charge in [0, 0.05) is 79.5 Å². The fourth-order valence-corrected chi connectivity index (χ4v) is 10.6. The number of aromatic amines is 1. The summed E-state index contributed by atoms with van der Waals surface area (Å²) >= 11 is 6.24. The first kappa shape index (κ1) is 45.7. The van der Waals surface area contributed by atoms with E-state index < -0.39 is 47.3 Å². The molecule has 1 saturated heterocycles. The molecule has 1 aliphatic carbocycles. The number of aromatic nitrogens is 2. The number of piperazine rings is 1. The van der Waals surface area contributed by atoms with Gasteiger partial charge in [0.15, 0.2) is 21.3 Å². The fraction of sp³-hybridized carbons (Fsp3) is 0.292. The number of sulfone groups is 1. The number of amides is 1. The van der Waals surface area contributed by atoms with E-state index >= 15 is 0 Å². The van der Waals surface area contributed by atoms with E-state index in [2.05, 4.69) is 55.8 Å². The Labute approximate surface area is 393 Å². The normalized spacial score (nSPS) is 17.6. The number of hydrogen-bond acceptors (Lipinski definition) is 13. The van der Waals surface area contributed by atoms with Crippen LogP contribution in [0.4, 0.5) is 17.1 Å². The number of sulfonamides is 1. The lowest BCUT2D eigenvalue weighted by molar-refractivity contribution is -0.384. The van der Waals surface area contributed by atoms with Gasteiger partial charge in [0.25, 0.3) is 21.6 Å². The summed E-state index contributed by atoms with van der Waals surface area (Å²) in [4.78, 5) is 37.3. The van der Waals surface area contributed by atoms with E-state index in [1.807, 2.05) is 18.2 Å². The number of nitrogens with one attached hydrogen (secondary N) is 3. The van der Waals surface area contributed by atoms with Crippen LogP contribution in [0.2, 0.25) is 5.02 Å². The number of nitro benzene ring substituents is 1. The van der Waals surface area contributed by atoms with Crippen LogP contribution in [0.25, 0.3) is 16.6 Å². The number of ether oxygens (including phenoxy) is 2. The molecule has 0 bridgehead atoms. The third-order valence-electron chi connectivity index (χ3n) is 12.6. The highest BCUT2D eigenvalue weighted by molar-refractivity contribution is 7.90. The Bertz CT molecular complexity index is 3170. The highest BCUT2D eigenvalue weighted by atomic mass is 35.5. The summed E-state index contributed by atoms with van der Waals surface area (Å²) in [5, 5.41) is 16.9. The Morgan fingerprint density at radius 3 is 2.43 bits per heavy atom. The van der Waals surface area contributed by atoms with Crippen molar-refractivity contribution < 1.29 is 36.0 Å². The monoisotopic (exact) mass is 965 g/mol. The topological polar surface area (TPSA) is 206 Å². The van der Waals surface area contributed by atoms with Gasteiger partial charge in [0.05, 0.1) is 32.5 Å². The SMILES string of the molecule is CC1(C)CCC(CN2CCN(c3ccc(C(=O)NS(=O)(=O)c4cc5c(c([N+](=O)[O-])c4)N[C@H](c4ccc(S(C)(=O)=O)cc4)CO5)c(Oc4cnc5[nH]ccc5c4)c3)CC2)=C(c2ccc(Cl)cc2)C1. The first-order valence-corrected chi connectivity index (χ1v) is 25.4. The van der Waals surface area contributed by atoms with E-state index in [0.29, 0.717) is 35.1 Å². The summed E-state index contributed by atoms with van der Waals surface area (Å²) in [7, 11) is -8.19. The summed E-state index contributed by atoms with van der Waals surface area (Å²) in [6.45, 7) is 8.39. The van der Waals surface area contributed by atoms with E-state index in [4.69, 9.17) is 21.1 Å². The number of nitro groups is 1. The van der Waals surface area contributed by atoms with Crippen molar-refractivity contribution in [3.63, 3.8) is 0 Å². The van der Waals surface area contributed by atoms with Crippen LogP contribution in [0.5, 0.6) is 17.2 Å². The van der Waals surface area contributed by atoms with E-state index in [1.54, 1.807) is 36.5 Å². The van der Waals surface area contributed by atoms with Crippen molar-refractivity contribution in [3.05, 3.63) is 141 Å². The average Bonchev–Trinajstić information content (AvgIpc) is 3.77. The van der Waals surface area contributed by atoms with Crippen LogP contribution in [-0.4, -0.2) is 88.1 Å². The minimum absolute atomic E-state index is 0.0639. The number of benzene rings is 4. The summed E-state index contributed by atoms with van der Waals surface area (Å²) in [6.07, 6.45) is 7.45. The van der Waals surface area contributed by atoms with Crippen LogP contribution in [0, 0.1) is 15.5 Å². The molecule has 1 fully saturated rings. The van der Waals surface area contributed by atoms with Gasteiger partial charge in [-0.05, 0) is 89.9 Å². The molecule has 0 spiro atoms. The highest BCUT2D eigenvalue weighted by Gasteiger charge is 2.34. The lowest BCUT2D eigenvalue weighted by Crippen LogP contribution is -2.47. The zero-order valence-corrected chi connectivity index (χ0v) is 39.3. The Morgan fingerprint density at radius 1 is 0.970 bits per heavy atom. The predicted octanol–water partition coefficient (Wildman–Crippen LogP) is 8.77. The minimum atomic E-state index is -4.74. The van der Waals surface area contributed by atoms with Crippen LogP contribution in [0.3, 0.4) is 0 Å². The Kier molecular flexibility index (Phi) is 12.3. The number of carbonyl (C=O) groups is 1. The molecule has 6 aromatic rings. The number of halogens is 1. The zero-order valence-electron chi connectivity index (χ0n) is 36.9. The maximum atomic E-state index is 14.1. The molecule has 9 rings (SSSR count). The van der Waals surface area contributed by atoms with Gasteiger partial charge in [-0.3, -0.25) is 19.8 Å². The van der Waals surface area contributed by atoms with Gasteiger partial charge in [-0.2, -0.15) is 0 Å². The molecule has 67 heavy (non-hydrogen) atoms. The van der Waals surface area contributed by atoms with Crippen LogP contribution in [0.15, 0.2) is 119 Å². The number of hydrogen-bond donors (Lipinski definition) is 3. The van der Waals surface area contributed by atoms with Crippen LogP contribution >= 0.6 is 11.6 Å². The van der Waals surface area contributed by atoms with Gasteiger partial charge in [-0.15, -0.1) is 0 Å². The Balaban J connectivity index is 0.948. The third kappa shape index (κ3) is 9.98. The molecule has 1 amide bonds. The smallest absolute Gasteiger partial charge is 0.297 e. The summed E-state index contributed by atoms with van der Waals surface area (Å²) < 4.78 is 66.1. The molecule has 0 saturated carbocycles. The molecule has 19 heteroatoms. The molecule has 2 aliphatic heterocycles. The van der Waals surface area contributed by atoms with Gasteiger partial charge < -0.3 is 24.7 Å². The molecule has 2 aromatic heterocycles. The van der Waals surface area contributed by atoms with Crippen LogP contribution < -0.4 is 24.4 Å². The second-order valence-electron chi connectivity index (χ2n) is 17.9. The average molecular weight is 967 g/mol. The first-order valence-electron chi connectivity index (χ1n) is 21.7. The molecule has 4 aromatic carbocycles. The third-order valence-corrected chi connectivity index (χ3v) is 15.3. The van der Waals surface area contributed by atoms with Crippen molar-refractivity contribution in [3.8, 4) is 17.2 Å². The Hall–Kier alpha value is -6.47. The summed E-state index contributed by atoms with van der Waals surface area (Å²) in [5.74, 6) is -0.759. The zero-order chi connectivity index (χ0) is 47.3. The molecule has 0 radical (unpaired) electrons. The summed E-state index contributed by atoms with van der Waals surface area (Å²) in [6, 6.07) is 24.0. The van der Waals surface area contributed by atoms with Crippen molar-refractivity contribution in [2.75, 3.05) is 55.8 Å². The number of nitrogens with zero attached hydrogens (tertiary/aromatic N) is 4. The maximum Gasteiger partial charge on any atom is 0.297 e. The van der Waals surface area contributed by atoms with E-state index in [-0.39, 0.29) is 39.7 Å². The molecule has 16 nitrogen and oxygen atoms in total. The molecular weight excluding hydrogens is 918 g/mol. The van der Waals surface area contributed by atoms with Crippen molar-refractivity contribution in [2.24, 2.45) is 5.41 Å². The second kappa shape index (κ2) is 18.0. The Morgan fingerprint density at radius 2 is 1.72 bits per heavy atom. The largest absolute Gasteiger partial charge is 0.489 e. The lowest BCUT2D eigenvalue weighted by Gasteiger charge is -2.39. The number of fused-ring (bicyclic) bond motifs is 2. The molecular formula is C48H48ClN7O9S2. The van der Waals surface area contributed by atoms with Crippen molar-refractivity contribution in [1.82, 2.24) is 19.6 Å². The molecule has 1 atom stereocenters. The highest BCUT2D eigenvalue weighted by Crippen LogP contribution is 2.45. The molecule has 4 heterocycles. The van der Waals surface area contributed by atoms with E-state index in [0.717, 1.165) is 68.4 Å². The molecule has 0 unspecified atom stereocenters. The number of pyridine rings is 1. The maximum absolute atomic E-state index is 14.1. The fourth-order valence-electron chi connectivity index (χ4n) is 8.87. The van der Waals surface area contributed by atoms with Gasteiger partial charge in [-0.25, -0.2) is 26.5 Å². The van der Waals surface area contributed by atoms with Gasteiger partial charge in [-0.1, -0.05) is 55.3 Å². The number of H-pyrrole nitrogens is 1. The first-order chi connectivity index (χ1) is 31.9. The summed E-state index contributed by atoms with van der Waals surface area (Å²) in [5.41, 5.74) is 5.47. The van der Waals surface area contributed by atoms with Gasteiger partial charge in [0.2, 0.25) is 0 Å². The van der Waals surface area contributed by atoms with Crippen molar-refractivity contribution in [2.45, 2.75) is 48.9 Å². The number of carbonyl (C=O) groups excluding carboxylic acids is 1. The van der Waals surface area contributed by atoms with E-state index in [9.17, 15) is 31.7 Å². The van der Waals surface area contributed by atoms with E-state index in [1.165, 1.54) is 41.1 Å². The standard InChI is InChI=1S/C48H48ClN7O9S2/c1-48(2)16-14-33(40(26-48)30-4-8-34(49)9-5-30)28-54-18-20-55(21-19-54)35-10-13-39(43(23-35)65-36-22-32-15-17-50-46(32)51-27-36)47(57)53-67(62,63)38-24-42(56(58)59)45-44(25-38)64-29-41(52-45)31-6-11-37(12-7-31)66(3,60)61/h4-13,15,17,22-25,27,41,52H,14,16,18-21,26,28-29H2,1-3H3,(H,50,51)(H,53,57)/t41-/m0/s1. The van der Waals surface area contributed by atoms with Crippen molar-refractivity contribution >= 4 is 71.0 Å². The van der Waals surface area contributed by atoms with Crippen LogP contribution in [0.1, 0.15) is 60.6 Å². The predicted molar refractivity (Wildman–Crippen MR) is 256 cm³/mol. The van der Waals surface area contributed by atoms with Crippen molar-refractivity contribution in [1.29, 1.82) is 0 Å². The van der Waals surface area contributed by atoms with Crippen LogP contribution in [-0.2, 0) is 19.9 Å². The number of allylic oxidation sites excluding steroid dienone is 1.